The highest BCUT2D eigenvalue weighted by Crippen LogP contribution is 2.26. The molecule has 0 saturated carbocycles. The average Bonchev–Trinajstić information content (AvgIpc) is 2.28. The van der Waals surface area contributed by atoms with Crippen LogP contribution in [0.2, 0.25) is 0 Å². The van der Waals surface area contributed by atoms with E-state index in [1.807, 2.05) is 13.8 Å². The van der Waals surface area contributed by atoms with Crippen LogP contribution in [0.1, 0.15) is 20.3 Å². The predicted molar refractivity (Wildman–Crippen MR) is 63.7 cm³/mol. The highest BCUT2D eigenvalue weighted by Gasteiger charge is 2.12. The third-order valence-electron chi connectivity index (χ3n) is 2.16. The Morgan fingerprint density at radius 2 is 2.00 bits per heavy atom. The van der Waals surface area contributed by atoms with E-state index in [9.17, 15) is 14.9 Å². The molecule has 4 nitrogen and oxygen atoms in total. The number of thioether (sulfide) groups is 1. The molecule has 0 amide bonds. The van der Waals surface area contributed by atoms with Gasteiger partial charge in [-0.25, -0.2) is 0 Å². The smallest absolute Gasteiger partial charge is 0.269 e. The number of nitrogens with zero attached hydrogens (tertiary/aromatic N) is 1. The van der Waals surface area contributed by atoms with Crippen LogP contribution in [-0.2, 0) is 4.79 Å². The van der Waals surface area contributed by atoms with Gasteiger partial charge in [0, 0.05) is 23.4 Å². The minimum Gasteiger partial charge on any atom is -0.298 e. The zero-order valence-corrected chi connectivity index (χ0v) is 9.99. The summed E-state index contributed by atoms with van der Waals surface area (Å²) >= 11 is 1.42. The van der Waals surface area contributed by atoms with Gasteiger partial charge in [-0.05, 0) is 19.1 Å². The van der Waals surface area contributed by atoms with Crippen molar-refractivity contribution in [2.45, 2.75) is 30.4 Å². The number of hydrogen-bond acceptors (Lipinski definition) is 4. The quantitative estimate of drug-likeness (QED) is 0.450. The summed E-state index contributed by atoms with van der Waals surface area (Å²) in [6, 6.07) is 6.24. The van der Waals surface area contributed by atoms with E-state index in [4.69, 9.17) is 0 Å². The van der Waals surface area contributed by atoms with Crippen LogP contribution in [0, 0.1) is 10.1 Å². The van der Waals surface area contributed by atoms with Gasteiger partial charge in [-0.15, -0.1) is 11.8 Å². The third-order valence-corrected chi connectivity index (χ3v) is 3.32. The second-order valence-corrected chi connectivity index (χ2v) is 4.75. The lowest BCUT2D eigenvalue weighted by atomic mass is 10.2. The van der Waals surface area contributed by atoms with Crippen LogP contribution in [-0.4, -0.2) is 16.0 Å². The van der Waals surface area contributed by atoms with E-state index in [0.29, 0.717) is 6.42 Å². The number of rotatable bonds is 5. The van der Waals surface area contributed by atoms with Gasteiger partial charge in [-0.1, -0.05) is 6.92 Å². The minimum atomic E-state index is -0.435. The highest BCUT2D eigenvalue weighted by atomic mass is 32.2. The molecule has 0 aliphatic carbocycles. The van der Waals surface area contributed by atoms with Crippen LogP contribution >= 0.6 is 11.8 Å². The normalized spacial score (nSPS) is 12.1. The van der Waals surface area contributed by atoms with Crippen molar-refractivity contribution < 1.29 is 9.72 Å². The molecule has 0 N–H and O–H groups in total. The average molecular weight is 239 g/mol. The number of hydrogen-bond donors (Lipinski definition) is 0. The number of nitro groups is 1. The molecule has 1 atom stereocenters. The summed E-state index contributed by atoms with van der Waals surface area (Å²) < 4.78 is 0. The fourth-order valence-electron chi connectivity index (χ4n) is 1.20. The van der Waals surface area contributed by atoms with Gasteiger partial charge in [0.15, 0.2) is 0 Å². The fraction of sp³-hybridized carbons (Fsp3) is 0.364. The first kappa shape index (κ1) is 12.7. The predicted octanol–water partition coefficient (Wildman–Crippen LogP) is 3.05. The van der Waals surface area contributed by atoms with E-state index in [-0.39, 0.29) is 16.7 Å². The monoisotopic (exact) mass is 239 g/mol. The van der Waals surface area contributed by atoms with Gasteiger partial charge in [0.25, 0.3) is 5.69 Å². The van der Waals surface area contributed by atoms with Gasteiger partial charge in [0.05, 0.1) is 10.2 Å². The molecule has 16 heavy (non-hydrogen) atoms. The molecule has 0 radical (unpaired) electrons. The summed E-state index contributed by atoms with van der Waals surface area (Å²) in [5, 5.41) is 10.3. The largest absolute Gasteiger partial charge is 0.298 e. The zero-order chi connectivity index (χ0) is 12.1. The number of non-ortho nitro benzene ring substituents is 1. The highest BCUT2D eigenvalue weighted by molar-refractivity contribution is 8.00. The van der Waals surface area contributed by atoms with Crippen molar-refractivity contribution in [3.8, 4) is 0 Å². The van der Waals surface area contributed by atoms with Gasteiger partial charge in [-0.2, -0.15) is 0 Å². The van der Waals surface area contributed by atoms with Crippen LogP contribution in [0.15, 0.2) is 29.2 Å². The number of nitro benzene ring substituents is 1. The maximum atomic E-state index is 11.4. The van der Waals surface area contributed by atoms with E-state index in [2.05, 4.69) is 0 Å². The number of Topliss-reactive ketones (excluding diaryl/α,β-unsaturated/α-hetero) is 1. The van der Waals surface area contributed by atoms with Crippen LogP contribution in [0.25, 0.3) is 0 Å². The second-order valence-electron chi connectivity index (χ2n) is 3.33. The Labute approximate surface area is 98.2 Å². The molecular weight excluding hydrogens is 226 g/mol. The molecule has 0 aliphatic heterocycles. The van der Waals surface area contributed by atoms with Crippen molar-refractivity contribution in [3.63, 3.8) is 0 Å². The van der Waals surface area contributed by atoms with Gasteiger partial charge in [-0.3, -0.25) is 14.9 Å². The van der Waals surface area contributed by atoms with Crippen molar-refractivity contribution in [1.29, 1.82) is 0 Å². The van der Waals surface area contributed by atoms with Crippen LogP contribution < -0.4 is 0 Å². The Bertz CT molecular complexity index is 389. The summed E-state index contributed by atoms with van der Waals surface area (Å²) in [5.41, 5.74) is 0.0684. The van der Waals surface area contributed by atoms with Crippen LogP contribution in [0.5, 0.6) is 0 Å². The Balaban J connectivity index is 2.68. The lowest BCUT2D eigenvalue weighted by Crippen LogP contribution is -2.10. The Kier molecular flexibility index (Phi) is 4.49. The summed E-state index contributed by atoms with van der Waals surface area (Å²) in [5.74, 6) is 0.184. The molecule has 0 spiro atoms. The molecule has 0 aromatic heterocycles. The molecule has 1 rings (SSSR count). The maximum Gasteiger partial charge on any atom is 0.269 e. The molecule has 0 fully saturated rings. The third kappa shape index (κ3) is 3.34. The molecule has 0 heterocycles. The van der Waals surface area contributed by atoms with Crippen molar-refractivity contribution in [2.75, 3.05) is 0 Å². The number of benzene rings is 1. The van der Waals surface area contributed by atoms with E-state index in [1.54, 1.807) is 12.1 Å². The Hall–Kier alpha value is -1.36. The van der Waals surface area contributed by atoms with Crippen molar-refractivity contribution in [1.82, 2.24) is 0 Å². The van der Waals surface area contributed by atoms with Crippen molar-refractivity contribution in [2.24, 2.45) is 0 Å². The Morgan fingerprint density at radius 3 is 2.44 bits per heavy atom. The molecule has 1 aromatic rings. The minimum absolute atomic E-state index is 0.0684. The topological polar surface area (TPSA) is 60.2 Å². The summed E-state index contributed by atoms with van der Waals surface area (Å²) in [4.78, 5) is 22.2. The molecule has 0 bridgehead atoms. The van der Waals surface area contributed by atoms with Crippen LogP contribution in [0.3, 0.4) is 0 Å². The maximum absolute atomic E-state index is 11.4. The van der Waals surface area contributed by atoms with Crippen molar-refractivity contribution >= 4 is 23.2 Å². The first-order chi connectivity index (χ1) is 7.54. The van der Waals surface area contributed by atoms with Crippen molar-refractivity contribution in [3.05, 3.63) is 34.4 Å². The fourth-order valence-corrected chi connectivity index (χ4v) is 2.20. The number of carbonyl (C=O) groups excluding carboxylic acids is 1. The van der Waals surface area contributed by atoms with Gasteiger partial charge < -0.3 is 0 Å². The van der Waals surface area contributed by atoms with E-state index in [0.717, 1.165) is 4.90 Å². The SMILES string of the molecule is CCC(=O)C(C)Sc1ccc([N+](=O)[O-])cc1. The van der Waals surface area contributed by atoms with Gasteiger partial charge in [0.1, 0.15) is 5.78 Å². The zero-order valence-electron chi connectivity index (χ0n) is 9.17. The molecular formula is C11H13NO3S. The molecule has 0 saturated heterocycles. The van der Waals surface area contributed by atoms with Gasteiger partial charge >= 0.3 is 0 Å². The lowest BCUT2D eigenvalue weighted by Gasteiger charge is -2.08. The first-order valence-corrected chi connectivity index (χ1v) is 5.86. The number of ketones is 1. The van der Waals surface area contributed by atoms with E-state index < -0.39 is 4.92 Å². The molecule has 0 aliphatic rings. The summed E-state index contributed by atoms with van der Waals surface area (Å²) in [6.07, 6.45) is 0.515. The summed E-state index contributed by atoms with van der Waals surface area (Å²) in [7, 11) is 0. The molecule has 86 valence electrons. The number of carbonyl (C=O) groups is 1. The van der Waals surface area contributed by atoms with E-state index >= 15 is 0 Å². The second kappa shape index (κ2) is 5.65. The molecule has 1 unspecified atom stereocenters. The summed E-state index contributed by atoms with van der Waals surface area (Å²) in [6.45, 7) is 3.67. The molecule has 1 aromatic carbocycles. The Morgan fingerprint density at radius 1 is 1.44 bits per heavy atom. The van der Waals surface area contributed by atoms with Gasteiger partial charge in [0.2, 0.25) is 0 Å². The van der Waals surface area contributed by atoms with E-state index in [1.165, 1.54) is 23.9 Å². The molecule has 5 heteroatoms. The standard InChI is InChI=1S/C11H13NO3S/c1-3-11(13)8(2)16-10-6-4-9(5-7-10)12(14)15/h4-8H,3H2,1-2H3. The first-order valence-electron chi connectivity index (χ1n) is 4.98. The van der Waals surface area contributed by atoms with Crippen LogP contribution in [0.4, 0.5) is 5.69 Å². The lowest BCUT2D eigenvalue weighted by molar-refractivity contribution is -0.384.